The highest BCUT2D eigenvalue weighted by atomic mass is 35.5. The number of fused-ring (bicyclic) bond motifs is 1. The van der Waals surface area contributed by atoms with Crippen molar-refractivity contribution in [3.63, 3.8) is 0 Å². The molecule has 0 amide bonds. The molecule has 1 heterocycles. The van der Waals surface area contributed by atoms with E-state index in [0.29, 0.717) is 16.8 Å². The van der Waals surface area contributed by atoms with E-state index in [4.69, 9.17) is 17.3 Å². The van der Waals surface area contributed by atoms with Crippen molar-refractivity contribution < 1.29 is 0 Å². The Morgan fingerprint density at radius 3 is 2.68 bits per heavy atom. The highest BCUT2D eigenvalue weighted by Gasteiger charge is 2.25. The molecule has 0 aliphatic carbocycles. The van der Waals surface area contributed by atoms with Gasteiger partial charge in [0.2, 0.25) is 0 Å². The van der Waals surface area contributed by atoms with Crippen LogP contribution in [0.2, 0.25) is 5.02 Å². The minimum atomic E-state index is 0.427. The van der Waals surface area contributed by atoms with Gasteiger partial charge in [-0.1, -0.05) is 35.9 Å². The van der Waals surface area contributed by atoms with Crippen molar-refractivity contribution in [2.24, 2.45) is 0 Å². The van der Waals surface area contributed by atoms with Crippen LogP contribution in [0.15, 0.2) is 42.5 Å². The third-order valence-electron chi connectivity index (χ3n) is 3.81. The lowest BCUT2D eigenvalue weighted by Gasteiger charge is -2.37. The fourth-order valence-corrected chi connectivity index (χ4v) is 2.96. The molecule has 3 rings (SSSR count). The summed E-state index contributed by atoms with van der Waals surface area (Å²) in [6, 6.07) is 14.8. The minimum Gasteiger partial charge on any atom is -0.396 e. The molecule has 0 radical (unpaired) electrons. The Labute approximate surface area is 118 Å². The molecule has 2 nitrogen and oxygen atoms in total. The summed E-state index contributed by atoms with van der Waals surface area (Å²) in [5, 5.41) is 0.618. The molecule has 2 N–H and O–H groups in total. The van der Waals surface area contributed by atoms with Gasteiger partial charge in [-0.05, 0) is 43.5 Å². The Morgan fingerprint density at radius 2 is 1.84 bits per heavy atom. The van der Waals surface area contributed by atoms with Crippen LogP contribution in [0.3, 0.4) is 0 Å². The monoisotopic (exact) mass is 272 g/mol. The van der Waals surface area contributed by atoms with Crippen LogP contribution in [0, 0.1) is 0 Å². The molecule has 1 atom stereocenters. The minimum absolute atomic E-state index is 0.427. The van der Waals surface area contributed by atoms with Crippen LogP contribution in [0.25, 0.3) is 0 Å². The Hall–Kier alpha value is -1.67. The van der Waals surface area contributed by atoms with Crippen LogP contribution in [0.4, 0.5) is 17.1 Å². The van der Waals surface area contributed by atoms with Gasteiger partial charge in [0.05, 0.1) is 16.4 Å². The first-order valence-electron chi connectivity index (χ1n) is 6.59. The van der Waals surface area contributed by atoms with Gasteiger partial charge in [0.15, 0.2) is 0 Å². The van der Waals surface area contributed by atoms with Gasteiger partial charge in [0.1, 0.15) is 0 Å². The van der Waals surface area contributed by atoms with E-state index in [1.807, 2.05) is 18.2 Å². The molecular formula is C16H17ClN2. The molecule has 0 saturated heterocycles. The van der Waals surface area contributed by atoms with E-state index >= 15 is 0 Å². The fraction of sp³-hybridized carbons (Fsp3) is 0.250. The van der Waals surface area contributed by atoms with Crippen molar-refractivity contribution in [1.82, 2.24) is 0 Å². The Morgan fingerprint density at radius 1 is 1.11 bits per heavy atom. The lowest BCUT2D eigenvalue weighted by Crippen LogP contribution is -2.33. The Kier molecular flexibility index (Phi) is 3.11. The number of aryl methyl sites for hydroxylation is 1. The SMILES string of the molecule is CC1CCc2ccccc2N1c1cccc(Cl)c1N. The first-order chi connectivity index (χ1) is 9.18. The Balaban J connectivity index is 2.16. The van der Waals surface area contributed by atoms with Crippen LogP contribution in [0.5, 0.6) is 0 Å². The fourth-order valence-electron chi connectivity index (χ4n) is 2.79. The summed E-state index contributed by atoms with van der Waals surface area (Å²) >= 11 is 6.16. The van der Waals surface area contributed by atoms with Crippen molar-refractivity contribution in [1.29, 1.82) is 0 Å². The van der Waals surface area contributed by atoms with Crippen molar-refractivity contribution in [2.45, 2.75) is 25.8 Å². The summed E-state index contributed by atoms with van der Waals surface area (Å²) in [7, 11) is 0. The molecule has 0 aromatic heterocycles. The zero-order valence-corrected chi connectivity index (χ0v) is 11.7. The molecule has 0 saturated carbocycles. The number of halogens is 1. The predicted octanol–water partition coefficient (Wildman–Crippen LogP) is 4.40. The highest BCUT2D eigenvalue weighted by Crippen LogP contribution is 2.41. The van der Waals surface area contributed by atoms with Crippen molar-refractivity contribution in [3.05, 3.63) is 53.1 Å². The topological polar surface area (TPSA) is 29.3 Å². The summed E-state index contributed by atoms with van der Waals surface area (Å²) in [5.41, 5.74) is 10.4. The number of hydrogen-bond donors (Lipinski definition) is 1. The third-order valence-corrected chi connectivity index (χ3v) is 4.14. The van der Waals surface area contributed by atoms with Gasteiger partial charge in [0.25, 0.3) is 0 Å². The van der Waals surface area contributed by atoms with Gasteiger partial charge in [-0.25, -0.2) is 0 Å². The maximum atomic E-state index is 6.16. The summed E-state index contributed by atoms with van der Waals surface area (Å²) < 4.78 is 0. The zero-order chi connectivity index (χ0) is 13.4. The van der Waals surface area contributed by atoms with Gasteiger partial charge in [0, 0.05) is 11.7 Å². The Bertz CT molecular complexity index is 609. The van der Waals surface area contributed by atoms with Crippen LogP contribution >= 0.6 is 11.6 Å². The van der Waals surface area contributed by atoms with E-state index in [-0.39, 0.29) is 0 Å². The quantitative estimate of drug-likeness (QED) is 0.780. The van der Waals surface area contributed by atoms with Crippen LogP contribution in [0.1, 0.15) is 18.9 Å². The number of rotatable bonds is 1. The average molecular weight is 273 g/mol. The largest absolute Gasteiger partial charge is 0.396 e. The van der Waals surface area contributed by atoms with Gasteiger partial charge in [-0.3, -0.25) is 0 Å². The van der Waals surface area contributed by atoms with E-state index < -0.39 is 0 Å². The molecule has 0 fully saturated rings. The van der Waals surface area contributed by atoms with E-state index in [1.165, 1.54) is 11.3 Å². The van der Waals surface area contributed by atoms with Crippen LogP contribution in [-0.2, 0) is 6.42 Å². The molecule has 0 spiro atoms. The molecular weight excluding hydrogens is 256 g/mol. The second-order valence-corrected chi connectivity index (χ2v) is 5.47. The summed E-state index contributed by atoms with van der Waals surface area (Å²) in [4.78, 5) is 2.31. The van der Waals surface area contributed by atoms with Crippen LogP contribution < -0.4 is 10.6 Å². The molecule has 1 aliphatic heterocycles. The standard InChI is InChI=1S/C16H17ClN2/c1-11-9-10-12-5-2-3-7-14(12)19(11)15-8-4-6-13(17)16(15)18/h2-8,11H,9-10,18H2,1H3. The summed E-state index contributed by atoms with van der Waals surface area (Å²) in [6.45, 7) is 2.23. The van der Waals surface area contributed by atoms with E-state index in [0.717, 1.165) is 18.5 Å². The number of anilines is 3. The summed E-state index contributed by atoms with van der Waals surface area (Å²) in [6.07, 6.45) is 2.25. The van der Waals surface area contributed by atoms with Gasteiger partial charge < -0.3 is 10.6 Å². The lowest BCUT2D eigenvalue weighted by molar-refractivity contribution is 0.618. The first kappa shape index (κ1) is 12.4. The van der Waals surface area contributed by atoms with Gasteiger partial charge in [-0.2, -0.15) is 0 Å². The molecule has 1 aliphatic rings. The molecule has 1 unspecified atom stereocenters. The zero-order valence-electron chi connectivity index (χ0n) is 10.9. The lowest BCUT2D eigenvalue weighted by atomic mass is 9.95. The summed E-state index contributed by atoms with van der Waals surface area (Å²) in [5.74, 6) is 0. The molecule has 98 valence electrons. The van der Waals surface area contributed by atoms with Crippen molar-refractivity contribution >= 4 is 28.7 Å². The van der Waals surface area contributed by atoms with E-state index in [2.05, 4.69) is 36.1 Å². The predicted molar refractivity (Wildman–Crippen MR) is 82.2 cm³/mol. The number of nitrogens with zero attached hydrogens (tertiary/aromatic N) is 1. The van der Waals surface area contributed by atoms with Crippen molar-refractivity contribution in [3.8, 4) is 0 Å². The number of nitrogens with two attached hydrogens (primary N) is 1. The van der Waals surface area contributed by atoms with E-state index in [1.54, 1.807) is 0 Å². The van der Waals surface area contributed by atoms with Gasteiger partial charge >= 0.3 is 0 Å². The second kappa shape index (κ2) is 4.78. The third kappa shape index (κ3) is 2.06. The average Bonchev–Trinajstić information content (AvgIpc) is 2.43. The maximum Gasteiger partial charge on any atom is 0.0744 e. The van der Waals surface area contributed by atoms with Crippen LogP contribution in [-0.4, -0.2) is 6.04 Å². The molecule has 3 heteroatoms. The normalized spacial score (nSPS) is 18.2. The first-order valence-corrected chi connectivity index (χ1v) is 6.97. The second-order valence-electron chi connectivity index (χ2n) is 5.06. The number of benzene rings is 2. The number of para-hydroxylation sites is 2. The molecule has 19 heavy (non-hydrogen) atoms. The van der Waals surface area contributed by atoms with Crippen molar-refractivity contribution in [2.75, 3.05) is 10.6 Å². The van der Waals surface area contributed by atoms with Gasteiger partial charge in [-0.15, -0.1) is 0 Å². The molecule has 0 bridgehead atoms. The smallest absolute Gasteiger partial charge is 0.0744 e. The highest BCUT2D eigenvalue weighted by molar-refractivity contribution is 6.33. The maximum absolute atomic E-state index is 6.16. The van der Waals surface area contributed by atoms with E-state index in [9.17, 15) is 0 Å². The number of nitrogen functional groups attached to an aromatic ring is 1. The molecule has 2 aromatic carbocycles. The molecule has 2 aromatic rings. The number of hydrogen-bond acceptors (Lipinski definition) is 2.